The van der Waals surface area contributed by atoms with Crippen LogP contribution in [0.15, 0.2) is 30.6 Å². The lowest BCUT2D eigenvalue weighted by atomic mass is 10.2. The molecule has 2 rings (SSSR count). The molecule has 0 spiro atoms. The highest BCUT2D eigenvalue weighted by molar-refractivity contribution is 6.30. The van der Waals surface area contributed by atoms with Crippen molar-refractivity contribution in [2.45, 2.75) is 0 Å². The first-order chi connectivity index (χ1) is 8.16. The van der Waals surface area contributed by atoms with Crippen LogP contribution in [0.2, 0.25) is 5.02 Å². The number of rotatable bonds is 2. The summed E-state index contributed by atoms with van der Waals surface area (Å²) in [5.41, 5.74) is 0.0850. The van der Waals surface area contributed by atoms with Gasteiger partial charge in [-0.1, -0.05) is 11.6 Å². The molecule has 0 fully saturated rings. The normalized spacial score (nSPS) is 9.94. The topological polar surface area (TPSA) is 88.0 Å². The molecule has 0 bridgehead atoms. The van der Waals surface area contributed by atoms with Crippen LogP contribution in [0, 0.1) is 0 Å². The maximum atomic E-state index is 11.7. The highest BCUT2D eigenvalue weighted by Crippen LogP contribution is 2.22. The molecule has 0 radical (unpaired) electrons. The van der Waals surface area contributed by atoms with E-state index >= 15 is 0 Å². The van der Waals surface area contributed by atoms with Gasteiger partial charge < -0.3 is 5.11 Å². The smallest absolute Gasteiger partial charge is 0.261 e. The minimum atomic E-state index is -0.535. The van der Waals surface area contributed by atoms with Crippen LogP contribution in [-0.4, -0.2) is 26.2 Å². The summed E-state index contributed by atoms with van der Waals surface area (Å²) in [6, 6.07) is 4.18. The van der Waals surface area contributed by atoms with Crippen molar-refractivity contribution in [1.29, 1.82) is 0 Å². The van der Waals surface area contributed by atoms with Gasteiger partial charge in [0, 0.05) is 5.02 Å². The van der Waals surface area contributed by atoms with Gasteiger partial charge in [-0.2, -0.15) is 5.10 Å². The number of carbonyl (C=O) groups is 1. The van der Waals surface area contributed by atoms with Gasteiger partial charge in [0.2, 0.25) is 5.95 Å². The fourth-order valence-electron chi connectivity index (χ4n) is 1.17. The van der Waals surface area contributed by atoms with Gasteiger partial charge >= 0.3 is 0 Å². The Balaban J connectivity index is 2.21. The number of phenols is 1. The molecule has 0 aliphatic carbocycles. The molecule has 17 heavy (non-hydrogen) atoms. The molecule has 0 saturated heterocycles. The number of nitrogens with zero attached hydrogens (tertiary/aromatic N) is 3. The van der Waals surface area contributed by atoms with Crippen molar-refractivity contribution in [2.24, 2.45) is 0 Å². The average molecular weight is 251 g/mol. The second-order valence-corrected chi connectivity index (χ2v) is 3.52. The zero-order valence-corrected chi connectivity index (χ0v) is 9.22. The third kappa shape index (κ3) is 2.67. The first-order valence-electron chi connectivity index (χ1n) is 4.60. The Morgan fingerprint density at radius 2 is 2.18 bits per heavy atom. The van der Waals surface area contributed by atoms with E-state index in [1.807, 2.05) is 0 Å². The quantitative estimate of drug-likeness (QED) is 0.843. The highest BCUT2D eigenvalue weighted by Gasteiger charge is 2.12. The summed E-state index contributed by atoms with van der Waals surface area (Å²) in [4.78, 5) is 15.5. The maximum Gasteiger partial charge on any atom is 0.261 e. The van der Waals surface area contributed by atoms with Crippen molar-refractivity contribution >= 4 is 23.5 Å². The second kappa shape index (κ2) is 4.75. The fraction of sp³-hybridized carbons (Fsp3) is 0. The minimum Gasteiger partial charge on any atom is -0.507 e. The van der Waals surface area contributed by atoms with Gasteiger partial charge in [0.15, 0.2) is 0 Å². The number of nitrogens with one attached hydrogen (secondary N) is 1. The molecule has 0 unspecified atom stereocenters. The third-order valence-electron chi connectivity index (χ3n) is 1.91. The van der Waals surface area contributed by atoms with Gasteiger partial charge in [0.25, 0.3) is 5.91 Å². The van der Waals surface area contributed by atoms with Crippen molar-refractivity contribution < 1.29 is 9.90 Å². The van der Waals surface area contributed by atoms with E-state index in [1.165, 1.54) is 30.6 Å². The molecule has 1 amide bonds. The van der Waals surface area contributed by atoms with E-state index in [1.54, 1.807) is 0 Å². The molecule has 1 heterocycles. The molecule has 2 aromatic rings. The number of carbonyl (C=O) groups excluding carboxylic acids is 1. The molecule has 86 valence electrons. The molecule has 0 aliphatic rings. The zero-order chi connectivity index (χ0) is 12.3. The SMILES string of the molecule is O=C(Nc1nccnn1)c1ccc(Cl)cc1O. The number of amides is 1. The minimum absolute atomic E-state index is 0.0619. The van der Waals surface area contributed by atoms with Crippen molar-refractivity contribution in [2.75, 3.05) is 5.32 Å². The molecule has 6 nitrogen and oxygen atoms in total. The Kier molecular flexibility index (Phi) is 3.15. The van der Waals surface area contributed by atoms with Gasteiger partial charge in [0.05, 0.1) is 18.0 Å². The Morgan fingerprint density at radius 1 is 1.35 bits per heavy atom. The van der Waals surface area contributed by atoms with Crippen molar-refractivity contribution in [3.05, 3.63) is 41.2 Å². The molecule has 0 aliphatic heterocycles. The monoisotopic (exact) mass is 250 g/mol. The Morgan fingerprint density at radius 3 is 2.82 bits per heavy atom. The summed E-state index contributed by atoms with van der Waals surface area (Å²) >= 11 is 5.66. The van der Waals surface area contributed by atoms with Crippen LogP contribution in [0.1, 0.15) is 10.4 Å². The van der Waals surface area contributed by atoms with Crippen LogP contribution in [0.25, 0.3) is 0 Å². The fourth-order valence-corrected chi connectivity index (χ4v) is 1.34. The summed E-state index contributed by atoms with van der Waals surface area (Å²) in [5, 5.41) is 19.4. The molecule has 0 atom stereocenters. The van der Waals surface area contributed by atoms with Crippen molar-refractivity contribution in [3.8, 4) is 5.75 Å². The number of aromatic hydroxyl groups is 1. The Bertz CT molecular complexity index is 547. The molecular formula is C10H7ClN4O2. The highest BCUT2D eigenvalue weighted by atomic mass is 35.5. The number of benzene rings is 1. The van der Waals surface area contributed by atoms with E-state index in [2.05, 4.69) is 20.5 Å². The van der Waals surface area contributed by atoms with E-state index in [0.29, 0.717) is 5.02 Å². The predicted octanol–water partition coefficient (Wildman–Crippen LogP) is 1.48. The zero-order valence-electron chi connectivity index (χ0n) is 8.46. The number of aromatic nitrogens is 3. The van der Waals surface area contributed by atoms with Gasteiger partial charge in [-0.15, -0.1) is 5.10 Å². The van der Waals surface area contributed by atoms with Crippen LogP contribution in [0.5, 0.6) is 5.75 Å². The first-order valence-corrected chi connectivity index (χ1v) is 4.98. The summed E-state index contributed by atoms with van der Waals surface area (Å²) in [6.07, 6.45) is 2.78. The van der Waals surface area contributed by atoms with Crippen LogP contribution >= 0.6 is 11.6 Å². The third-order valence-corrected chi connectivity index (χ3v) is 2.15. The molecule has 0 saturated carbocycles. The summed E-state index contributed by atoms with van der Waals surface area (Å²) in [6.45, 7) is 0. The number of hydrogen-bond donors (Lipinski definition) is 2. The number of hydrogen-bond acceptors (Lipinski definition) is 5. The molecular weight excluding hydrogens is 244 g/mol. The van der Waals surface area contributed by atoms with Gasteiger partial charge in [-0.3, -0.25) is 10.1 Å². The van der Waals surface area contributed by atoms with Crippen LogP contribution in [0.4, 0.5) is 5.95 Å². The number of anilines is 1. The molecule has 1 aromatic heterocycles. The number of halogens is 1. The van der Waals surface area contributed by atoms with Crippen LogP contribution < -0.4 is 5.32 Å². The van der Waals surface area contributed by atoms with E-state index < -0.39 is 5.91 Å². The molecule has 2 N–H and O–H groups in total. The average Bonchev–Trinajstić information content (AvgIpc) is 2.30. The molecule has 1 aromatic carbocycles. The Hall–Kier alpha value is -2.21. The lowest BCUT2D eigenvalue weighted by Gasteiger charge is -2.04. The van der Waals surface area contributed by atoms with Crippen LogP contribution in [0.3, 0.4) is 0 Å². The lowest BCUT2D eigenvalue weighted by molar-refractivity contribution is 0.102. The standard InChI is InChI=1S/C10H7ClN4O2/c11-6-1-2-7(8(16)5-6)9(17)14-10-12-3-4-13-15-10/h1-5,16H,(H,12,14,15,17). The van der Waals surface area contributed by atoms with E-state index in [4.69, 9.17) is 11.6 Å². The maximum absolute atomic E-state index is 11.7. The largest absolute Gasteiger partial charge is 0.507 e. The second-order valence-electron chi connectivity index (χ2n) is 3.08. The van der Waals surface area contributed by atoms with Gasteiger partial charge in [-0.05, 0) is 18.2 Å². The van der Waals surface area contributed by atoms with Crippen molar-refractivity contribution in [3.63, 3.8) is 0 Å². The van der Waals surface area contributed by atoms with E-state index in [-0.39, 0.29) is 17.3 Å². The van der Waals surface area contributed by atoms with Gasteiger partial charge in [-0.25, -0.2) is 4.98 Å². The van der Waals surface area contributed by atoms with Crippen LogP contribution in [-0.2, 0) is 0 Å². The summed E-state index contributed by atoms with van der Waals surface area (Å²) < 4.78 is 0. The summed E-state index contributed by atoms with van der Waals surface area (Å²) in [7, 11) is 0. The van der Waals surface area contributed by atoms with E-state index in [9.17, 15) is 9.90 Å². The lowest BCUT2D eigenvalue weighted by Crippen LogP contribution is -2.14. The molecule has 7 heteroatoms. The predicted molar refractivity (Wildman–Crippen MR) is 60.9 cm³/mol. The number of phenolic OH excluding ortho intramolecular Hbond substituents is 1. The Labute approximate surface area is 101 Å². The first kappa shape index (κ1) is 11.3. The van der Waals surface area contributed by atoms with E-state index in [0.717, 1.165) is 0 Å². The van der Waals surface area contributed by atoms with Gasteiger partial charge in [0.1, 0.15) is 5.75 Å². The van der Waals surface area contributed by atoms with Crippen molar-refractivity contribution in [1.82, 2.24) is 15.2 Å². The summed E-state index contributed by atoms with van der Waals surface area (Å²) in [5.74, 6) is -0.682.